The fourth-order valence-electron chi connectivity index (χ4n) is 1.14. The number of hydrogen-bond donors (Lipinski definition) is 2. The number of aliphatic carboxylic acids is 1. The molecule has 4 nitrogen and oxygen atoms in total. The maximum Gasteiger partial charge on any atom is 0.313 e. The summed E-state index contributed by atoms with van der Waals surface area (Å²) in [5, 5.41) is 11.5. The maximum absolute atomic E-state index is 11.6. The van der Waals surface area contributed by atoms with E-state index in [-0.39, 0.29) is 11.7 Å². The smallest absolute Gasteiger partial charge is 0.313 e. The molecular formula is C11H12ClNO3S. The van der Waals surface area contributed by atoms with Gasteiger partial charge in [-0.15, -0.1) is 11.8 Å². The van der Waals surface area contributed by atoms with Crippen LogP contribution in [0.2, 0.25) is 5.02 Å². The van der Waals surface area contributed by atoms with Crippen molar-refractivity contribution in [3.05, 3.63) is 34.9 Å². The van der Waals surface area contributed by atoms with E-state index in [1.807, 2.05) is 0 Å². The summed E-state index contributed by atoms with van der Waals surface area (Å²) in [5.74, 6) is -0.497. The molecule has 17 heavy (non-hydrogen) atoms. The molecule has 0 heterocycles. The van der Waals surface area contributed by atoms with Crippen LogP contribution in [0.3, 0.4) is 0 Å². The number of hydrogen-bond acceptors (Lipinski definition) is 3. The van der Waals surface area contributed by atoms with Crippen molar-refractivity contribution in [2.24, 2.45) is 0 Å². The lowest BCUT2D eigenvalue weighted by molar-refractivity contribution is -0.133. The van der Waals surface area contributed by atoms with Crippen molar-refractivity contribution in [3.63, 3.8) is 0 Å². The fraction of sp³-hybridized carbons (Fsp3) is 0.273. The van der Waals surface area contributed by atoms with Crippen molar-refractivity contribution >= 4 is 35.2 Å². The Kier molecular flexibility index (Phi) is 5.86. The molecule has 1 rings (SSSR count). The Morgan fingerprint density at radius 3 is 2.71 bits per heavy atom. The first-order valence-electron chi connectivity index (χ1n) is 4.93. The molecule has 0 aliphatic rings. The molecule has 0 radical (unpaired) electrons. The van der Waals surface area contributed by atoms with E-state index in [2.05, 4.69) is 5.32 Å². The number of nitrogens with one attached hydrogen (secondary N) is 1. The van der Waals surface area contributed by atoms with E-state index in [1.54, 1.807) is 24.3 Å². The first-order chi connectivity index (χ1) is 8.11. The second kappa shape index (κ2) is 7.19. The molecule has 0 spiro atoms. The zero-order valence-electron chi connectivity index (χ0n) is 8.98. The van der Waals surface area contributed by atoms with Crippen molar-refractivity contribution in [2.45, 2.75) is 0 Å². The number of carboxylic acids is 1. The molecule has 0 aromatic heterocycles. The quantitative estimate of drug-likeness (QED) is 0.777. The van der Waals surface area contributed by atoms with Gasteiger partial charge >= 0.3 is 5.97 Å². The largest absolute Gasteiger partial charge is 0.481 e. The molecule has 0 aliphatic carbocycles. The zero-order valence-corrected chi connectivity index (χ0v) is 10.6. The first kappa shape index (κ1) is 13.9. The van der Waals surface area contributed by atoms with Crippen molar-refractivity contribution < 1.29 is 14.7 Å². The topological polar surface area (TPSA) is 66.4 Å². The van der Waals surface area contributed by atoms with Crippen LogP contribution in [-0.2, 0) is 4.79 Å². The van der Waals surface area contributed by atoms with Crippen molar-refractivity contribution in [1.82, 2.24) is 5.32 Å². The summed E-state index contributed by atoms with van der Waals surface area (Å²) in [6.07, 6.45) is 0. The fourth-order valence-corrected chi connectivity index (χ4v) is 1.92. The predicted octanol–water partition coefficient (Wildman–Crippen LogP) is 1.89. The molecule has 0 unspecified atom stereocenters. The van der Waals surface area contributed by atoms with E-state index >= 15 is 0 Å². The lowest BCUT2D eigenvalue weighted by atomic mass is 10.2. The Bertz CT molecular complexity index is 411. The third-order valence-electron chi connectivity index (χ3n) is 1.88. The summed E-state index contributed by atoms with van der Waals surface area (Å²) in [7, 11) is 0. The first-order valence-corrected chi connectivity index (χ1v) is 6.47. The summed E-state index contributed by atoms with van der Waals surface area (Å²) in [6, 6.07) is 6.78. The highest BCUT2D eigenvalue weighted by molar-refractivity contribution is 7.99. The average Bonchev–Trinajstić information content (AvgIpc) is 2.28. The van der Waals surface area contributed by atoms with Gasteiger partial charge in [-0.25, -0.2) is 0 Å². The number of carbonyl (C=O) groups excluding carboxylic acids is 1. The van der Waals surface area contributed by atoms with Gasteiger partial charge in [0.2, 0.25) is 0 Å². The van der Waals surface area contributed by atoms with Crippen LogP contribution < -0.4 is 5.32 Å². The van der Waals surface area contributed by atoms with Crippen molar-refractivity contribution in [3.8, 4) is 0 Å². The molecule has 0 aliphatic heterocycles. The Morgan fingerprint density at radius 2 is 2.06 bits per heavy atom. The minimum absolute atomic E-state index is 0.0436. The standard InChI is InChI=1S/C11H12ClNO3S/c12-9-4-2-1-3-8(9)11(16)13-5-6-17-7-10(14)15/h1-4H,5-7H2,(H,13,16)(H,14,15). The van der Waals surface area contributed by atoms with E-state index in [0.29, 0.717) is 22.9 Å². The number of amides is 1. The van der Waals surface area contributed by atoms with Crippen LogP contribution in [0.4, 0.5) is 0 Å². The second-order valence-corrected chi connectivity index (χ2v) is 4.69. The van der Waals surface area contributed by atoms with Gasteiger partial charge in [0.05, 0.1) is 16.3 Å². The number of benzene rings is 1. The summed E-state index contributed by atoms with van der Waals surface area (Å²) >= 11 is 7.11. The summed E-state index contributed by atoms with van der Waals surface area (Å²) in [4.78, 5) is 21.9. The molecule has 0 bridgehead atoms. The summed E-state index contributed by atoms with van der Waals surface area (Å²) in [6.45, 7) is 0.419. The molecule has 6 heteroatoms. The average molecular weight is 274 g/mol. The molecule has 1 aromatic carbocycles. The van der Waals surface area contributed by atoms with Gasteiger partial charge in [-0.1, -0.05) is 23.7 Å². The predicted molar refractivity (Wildman–Crippen MR) is 68.7 cm³/mol. The van der Waals surface area contributed by atoms with E-state index in [4.69, 9.17) is 16.7 Å². The van der Waals surface area contributed by atoms with Crippen LogP contribution in [-0.4, -0.2) is 35.0 Å². The summed E-state index contributed by atoms with van der Waals surface area (Å²) in [5.41, 5.74) is 0.428. The zero-order chi connectivity index (χ0) is 12.7. The Morgan fingerprint density at radius 1 is 1.35 bits per heavy atom. The normalized spacial score (nSPS) is 9.94. The van der Waals surface area contributed by atoms with Crippen LogP contribution in [0.15, 0.2) is 24.3 Å². The van der Waals surface area contributed by atoms with Crippen molar-refractivity contribution in [2.75, 3.05) is 18.1 Å². The van der Waals surface area contributed by atoms with Crippen LogP contribution in [0, 0.1) is 0 Å². The third kappa shape index (κ3) is 5.10. The van der Waals surface area contributed by atoms with Gasteiger partial charge < -0.3 is 10.4 Å². The van der Waals surface area contributed by atoms with Gasteiger partial charge in [-0.2, -0.15) is 0 Å². The summed E-state index contributed by atoms with van der Waals surface area (Å²) < 4.78 is 0. The highest BCUT2D eigenvalue weighted by Crippen LogP contribution is 2.14. The highest BCUT2D eigenvalue weighted by Gasteiger charge is 2.08. The van der Waals surface area contributed by atoms with E-state index in [1.165, 1.54) is 11.8 Å². The number of rotatable bonds is 6. The molecule has 92 valence electrons. The molecule has 2 N–H and O–H groups in total. The Labute approximate surface area is 108 Å². The molecule has 1 aromatic rings. The van der Waals surface area contributed by atoms with E-state index < -0.39 is 5.97 Å². The molecule has 0 fully saturated rings. The maximum atomic E-state index is 11.6. The molecule has 0 atom stereocenters. The second-order valence-electron chi connectivity index (χ2n) is 3.18. The molecule has 1 amide bonds. The lowest BCUT2D eigenvalue weighted by Crippen LogP contribution is -2.26. The minimum atomic E-state index is -0.854. The van der Waals surface area contributed by atoms with E-state index in [9.17, 15) is 9.59 Å². The molecule has 0 saturated carbocycles. The monoisotopic (exact) mass is 273 g/mol. The van der Waals surface area contributed by atoms with Gasteiger partial charge in [-0.3, -0.25) is 9.59 Å². The van der Waals surface area contributed by atoms with Crippen LogP contribution in [0.5, 0.6) is 0 Å². The lowest BCUT2D eigenvalue weighted by Gasteiger charge is -2.05. The molecule has 0 saturated heterocycles. The third-order valence-corrected chi connectivity index (χ3v) is 3.15. The van der Waals surface area contributed by atoms with Gasteiger partial charge in [0.15, 0.2) is 0 Å². The van der Waals surface area contributed by atoms with Gasteiger partial charge in [0, 0.05) is 12.3 Å². The van der Waals surface area contributed by atoms with E-state index in [0.717, 1.165) is 0 Å². The van der Waals surface area contributed by atoms with Crippen molar-refractivity contribution in [1.29, 1.82) is 0 Å². The van der Waals surface area contributed by atoms with Gasteiger partial charge in [0.1, 0.15) is 0 Å². The SMILES string of the molecule is O=C(O)CSCCNC(=O)c1ccccc1Cl. The van der Waals surface area contributed by atoms with Crippen LogP contribution >= 0.6 is 23.4 Å². The van der Waals surface area contributed by atoms with Gasteiger partial charge in [0.25, 0.3) is 5.91 Å². The molecular weight excluding hydrogens is 262 g/mol. The Hall–Kier alpha value is -1.20. The number of carbonyl (C=O) groups is 2. The van der Waals surface area contributed by atoms with Crippen LogP contribution in [0.1, 0.15) is 10.4 Å². The number of carboxylic acid groups (broad SMARTS) is 1. The highest BCUT2D eigenvalue weighted by atomic mass is 35.5. The van der Waals surface area contributed by atoms with Crippen LogP contribution in [0.25, 0.3) is 0 Å². The van der Waals surface area contributed by atoms with Gasteiger partial charge in [-0.05, 0) is 12.1 Å². The Balaban J connectivity index is 2.31. The minimum Gasteiger partial charge on any atom is -0.481 e. The number of thioether (sulfide) groups is 1. The number of halogens is 1.